The Balaban J connectivity index is 2.17. The van der Waals surface area contributed by atoms with Crippen molar-refractivity contribution in [1.82, 2.24) is 5.32 Å². The molecule has 1 aromatic rings. The topological polar surface area (TPSA) is 21.3 Å². The molecule has 1 aliphatic heterocycles. The molecule has 0 saturated heterocycles. The van der Waals surface area contributed by atoms with Crippen molar-refractivity contribution in [1.29, 1.82) is 0 Å². The first-order valence-corrected chi connectivity index (χ1v) is 4.84. The van der Waals surface area contributed by atoms with Gasteiger partial charge in [-0.15, -0.1) is 0 Å². The molecule has 2 nitrogen and oxygen atoms in total. The Morgan fingerprint density at radius 1 is 1.46 bits per heavy atom. The molecule has 1 atom stereocenters. The molecule has 1 heterocycles. The molecule has 0 radical (unpaired) electrons. The van der Waals surface area contributed by atoms with Crippen LogP contribution in [0.1, 0.15) is 18.9 Å². The van der Waals surface area contributed by atoms with E-state index in [-0.39, 0.29) is 0 Å². The van der Waals surface area contributed by atoms with Crippen molar-refractivity contribution in [2.45, 2.75) is 25.9 Å². The van der Waals surface area contributed by atoms with Gasteiger partial charge in [0.15, 0.2) is 0 Å². The van der Waals surface area contributed by atoms with Gasteiger partial charge in [0, 0.05) is 18.2 Å². The molecule has 0 saturated carbocycles. The molecule has 0 spiro atoms. The summed E-state index contributed by atoms with van der Waals surface area (Å²) in [5.41, 5.74) is 1.26. The number of ether oxygens (including phenoxy) is 1. The predicted octanol–water partition coefficient (Wildman–Crippen LogP) is 1.95. The van der Waals surface area contributed by atoms with Gasteiger partial charge < -0.3 is 10.1 Å². The monoisotopic (exact) mass is 177 g/mol. The van der Waals surface area contributed by atoms with Gasteiger partial charge in [0.2, 0.25) is 0 Å². The summed E-state index contributed by atoms with van der Waals surface area (Å²) in [4.78, 5) is 0. The number of fused-ring (bicyclic) bond motifs is 1. The van der Waals surface area contributed by atoms with Crippen LogP contribution in [0.5, 0.6) is 5.75 Å². The van der Waals surface area contributed by atoms with E-state index < -0.39 is 0 Å². The van der Waals surface area contributed by atoms with Crippen LogP contribution in [0.2, 0.25) is 0 Å². The van der Waals surface area contributed by atoms with Crippen molar-refractivity contribution in [3.63, 3.8) is 0 Å². The Bertz CT molecular complexity index is 258. The van der Waals surface area contributed by atoms with Crippen molar-refractivity contribution < 1.29 is 4.74 Å². The minimum Gasteiger partial charge on any atom is -0.492 e. The van der Waals surface area contributed by atoms with E-state index >= 15 is 0 Å². The lowest BCUT2D eigenvalue weighted by molar-refractivity contribution is 0.274. The van der Waals surface area contributed by atoms with Crippen molar-refractivity contribution in [2.75, 3.05) is 6.61 Å². The zero-order chi connectivity index (χ0) is 9.10. The summed E-state index contributed by atoms with van der Waals surface area (Å²) in [5.74, 6) is 1.03. The molecule has 1 aromatic carbocycles. The van der Waals surface area contributed by atoms with E-state index in [2.05, 4.69) is 24.4 Å². The van der Waals surface area contributed by atoms with Gasteiger partial charge in [0.25, 0.3) is 0 Å². The van der Waals surface area contributed by atoms with Crippen molar-refractivity contribution >= 4 is 0 Å². The van der Waals surface area contributed by atoms with Gasteiger partial charge in [0.1, 0.15) is 12.4 Å². The van der Waals surface area contributed by atoms with E-state index in [1.54, 1.807) is 0 Å². The maximum atomic E-state index is 5.69. The highest BCUT2D eigenvalue weighted by Crippen LogP contribution is 2.20. The second kappa shape index (κ2) is 3.79. The summed E-state index contributed by atoms with van der Waals surface area (Å²) in [7, 11) is 0. The number of nitrogens with one attached hydrogen (secondary N) is 1. The third-order valence-corrected chi connectivity index (χ3v) is 2.49. The molecular formula is C11H15NO. The summed E-state index contributed by atoms with van der Waals surface area (Å²) >= 11 is 0. The van der Waals surface area contributed by atoms with Gasteiger partial charge in [-0.25, -0.2) is 0 Å². The lowest BCUT2D eigenvalue weighted by Gasteiger charge is -2.11. The normalized spacial score (nSPS) is 21.5. The van der Waals surface area contributed by atoms with Crippen LogP contribution in [-0.4, -0.2) is 12.6 Å². The van der Waals surface area contributed by atoms with Gasteiger partial charge in [-0.1, -0.05) is 25.1 Å². The lowest BCUT2D eigenvalue weighted by atomic mass is 10.2. The Hall–Kier alpha value is -1.02. The van der Waals surface area contributed by atoms with Crippen LogP contribution in [0.4, 0.5) is 0 Å². The summed E-state index contributed by atoms with van der Waals surface area (Å²) in [6, 6.07) is 8.71. The number of rotatable bonds is 1. The molecule has 13 heavy (non-hydrogen) atoms. The van der Waals surface area contributed by atoms with Crippen molar-refractivity contribution in [2.24, 2.45) is 0 Å². The van der Waals surface area contributed by atoms with Crippen LogP contribution in [-0.2, 0) is 6.54 Å². The maximum Gasteiger partial charge on any atom is 0.123 e. The largest absolute Gasteiger partial charge is 0.492 e. The van der Waals surface area contributed by atoms with Crippen LogP contribution in [0.15, 0.2) is 24.3 Å². The minimum absolute atomic E-state index is 0.493. The molecule has 0 amide bonds. The number of hydrogen-bond donors (Lipinski definition) is 1. The van der Waals surface area contributed by atoms with Gasteiger partial charge in [-0.2, -0.15) is 0 Å². The zero-order valence-electron chi connectivity index (χ0n) is 7.92. The molecule has 2 rings (SSSR count). The molecule has 0 bridgehead atoms. The maximum absolute atomic E-state index is 5.69. The zero-order valence-corrected chi connectivity index (χ0v) is 7.92. The molecule has 2 heteroatoms. The second-order valence-corrected chi connectivity index (χ2v) is 3.40. The minimum atomic E-state index is 0.493. The predicted molar refractivity (Wildman–Crippen MR) is 52.9 cm³/mol. The Morgan fingerprint density at radius 3 is 3.15 bits per heavy atom. The van der Waals surface area contributed by atoms with Crippen LogP contribution in [0.3, 0.4) is 0 Å². The number of benzene rings is 1. The Morgan fingerprint density at radius 2 is 2.31 bits per heavy atom. The molecule has 0 aliphatic carbocycles. The third-order valence-electron chi connectivity index (χ3n) is 2.49. The van der Waals surface area contributed by atoms with Gasteiger partial charge in [-0.05, 0) is 12.5 Å². The fraction of sp³-hybridized carbons (Fsp3) is 0.455. The van der Waals surface area contributed by atoms with E-state index in [1.165, 1.54) is 5.56 Å². The first-order chi connectivity index (χ1) is 6.40. The number of para-hydroxylation sites is 1. The van der Waals surface area contributed by atoms with E-state index in [1.807, 2.05) is 12.1 Å². The molecular weight excluding hydrogens is 162 g/mol. The van der Waals surface area contributed by atoms with E-state index in [4.69, 9.17) is 4.74 Å². The molecule has 0 aromatic heterocycles. The fourth-order valence-electron chi connectivity index (χ4n) is 1.56. The average Bonchev–Trinajstić information content (AvgIpc) is 2.39. The smallest absolute Gasteiger partial charge is 0.123 e. The molecule has 70 valence electrons. The van der Waals surface area contributed by atoms with Crippen LogP contribution in [0.25, 0.3) is 0 Å². The van der Waals surface area contributed by atoms with E-state index in [0.29, 0.717) is 6.04 Å². The molecule has 0 fully saturated rings. The van der Waals surface area contributed by atoms with Gasteiger partial charge in [0.05, 0.1) is 0 Å². The summed E-state index contributed by atoms with van der Waals surface area (Å²) < 4.78 is 5.69. The van der Waals surface area contributed by atoms with Crippen LogP contribution in [0, 0.1) is 0 Å². The van der Waals surface area contributed by atoms with E-state index in [9.17, 15) is 0 Å². The lowest BCUT2D eigenvalue weighted by Crippen LogP contribution is -2.31. The summed E-state index contributed by atoms with van der Waals surface area (Å²) in [6.07, 6.45) is 1.12. The van der Waals surface area contributed by atoms with Crippen molar-refractivity contribution in [3.05, 3.63) is 29.8 Å². The highest BCUT2D eigenvalue weighted by atomic mass is 16.5. The standard InChI is InChI=1S/C11H15NO/c1-2-10-8-13-11-6-4-3-5-9(11)7-12-10/h3-6,10,12H,2,7-8H2,1H3/t10-/m0/s1. The van der Waals surface area contributed by atoms with Crippen molar-refractivity contribution in [3.8, 4) is 5.75 Å². The number of hydrogen-bond acceptors (Lipinski definition) is 2. The van der Waals surface area contributed by atoms with Crippen LogP contribution < -0.4 is 10.1 Å². The van der Waals surface area contributed by atoms with Crippen LogP contribution >= 0.6 is 0 Å². The highest BCUT2D eigenvalue weighted by Gasteiger charge is 2.13. The Labute approximate surface area is 78.9 Å². The van der Waals surface area contributed by atoms with E-state index in [0.717, 1.165) is 25.3 Å². The van der Waals surface area contributed by atoms with Gasteiger partial charge >= 0.3 is 0 Å². The SMILES string of the molecule is CC[C@H]1COc2ccccc2CN1. The second-order valence-electron chi connectivity index (χ2n) is 3.40. The summed E-state index contributed by atoms with van der Waals surface area (Å²) in [5, 5.41) is 3.46. The molecule has 0 unspecified atom stereocenters. The summed E-state index contributed by atoms with van der Waals surface area (Å²) in [6.45, 7) is 3.89. The first-order valence-electron chi connectivity index (χ1n) is 4.84. The quantitative estimate of drug-likeness (QED) is 0.708. The third kappa shape index (κ3) is 1.83. The fourth-order valence-corrected chi connectivity index (χ4v) is 1.56. The Kier molecular flexibility index (Phi) is 2.50. The first kappa shape index (κ1) is 8.57. The molecule has 1 aliphatic rings. The average molecular weight is 177 g/mol. The molecule has 1 N–H and O–H groups in total. The highest BCUT2D eigenvalue weighted by molar-refractivity contribution is 5.33. The van der Waals surface area contributed by atoms with Gasteiger partial charge in [-0.3, -0.25) is 0 Å².